The van der Waals surface area contributed by atoms with Gasteiger partial charge in [0.05, 0.1) is 6.04 Å². The van der Waals surface area contributed by atoms with Crippen molar-refractivity contribution in [2.24, 2.45) is 0 Å². The van der Waals surface area contributed by atoms with Crippen LogP contribution >= 0.6 is 0 Å². The first kappa shape index (κ1) is 15.1. The van der Waals surface area contributed by atoms with Crippen molar-refractivity contribution in [3.8, 4) is 0 Å². The van der Waals surface area contributed by atoms with E-state index < -0.39 is 0 Å². The lowest BCUT2D eigenvalue weighted by molar-refractivity contribution is -0.122. The zero-order valence-corrected chi connectivity index (χ0v) is 11.7. The highest BCUT2D eigenvalue weighted by Crippen LogP contribution is 2.11. The maximum atomic E-state index is 11.7. The van der Waals surface area contributed by atoms with Crippen LogP contribution in [-0.4, -0.2) is 23.3 Å². The highest BCUT2D eigenvalue weighted by Gasteiger charge is 2.09. The van der Waals surface area contributed by atoms with Crippen molar-refractivity contribution in [3.63, 3.8) is 0 Å². The monoisotopic (exact) mass is 263 g/mol. The highest BCUT2D eigenvalue weighted by molar-refractivity contribution is 5.76. The summed E-state index contributed by atoms with van der Waals surface area (Å²) in [4.78, 5) is 26.6. The molecule has 0 saturated carbocycles. The maximum absolute atomic E-state index is 11.7. The molecule has 1 aromatic heterocycles. The largest absolute Gasteiger partial charge is 0.356 e. The van der Waals surface area contributed by atoms with E-state index >= 15 is 0 Å². The average Bonchev–Trinajstić information content (AvgIpc) is 2.35. The summed E-state index contributed by atoms with van der Waals surface area (Å²) < 4.78 is 0. The molecule has 2 amide bonds. The Morgan fingerprint density at radius 2 is 2.11 bits per heavy atom. The third-order valence-electron chi connectivity index (χ3n) is 2.77. The van der Waals surface area contributed by atoms with Gasteiger partial charge >= 0.3 is 0 Å². The van der Waals surface area contributed by atoms with Gasteiger partial charge < -0.3 is 10.6 Å². The molecule has 0 aromatic carbocycles. The normalized spacial score (nSPS) is 11.7. The second-order valence-electron chi connectivity index (χ2n) is 4.61. The van der Waals surface area contributed by atoms with E-state index in [0.717, 1.165) is 11.3 Å². The first-order valence-corrected chi connectivity index (χ1v) is 6.45. The van der Waals surface area contributed by atoms with Crippen LogP contribution in [0.4, 0.5) is 0 Å². The summed E-state index contributed by atoms with van der Waals surface area (Å²) in [6, 6.07) is 3.83. The molecule has 0 bridgehead atoms. The van der Waals surface area contributed by atoms with E-state index in [4.69, 9.17) is 0 Å². The first-order valence-electron chi connectivity index (χ1n) is 6.45. The van der Waals surface area contributed by atoms with Crippen molar-refractivity contribution < 1.29 is 9.59 Å². The number of carbonyl (C=O) groups is 2. The minimum Gasteiger partial charge on any atom is -0.356 e. The standard InChI is InChI=1S/C14H21N3O2/c1-10-6-7-13(9-16-10)11(2)17-14(19)5-4-8-15-12(3)18/h6-7,9,11H,4-5,8H2,1-3H3,(H,15,18)(H,17,19)/t11-/m0/s1. The molecular formula is C14H21N3O2. The number of hydrogen-bond donors (Lipinski definition) is 2. The van der Waals surface area contributed by atoms with Crippen LogP contribution in [-0.2, 0) is 9.59 Å². The summed E-state index contributed by atoms with van der Waals surface area (Å²) in [5.74, 6) is -0.0852. The zero-order valence-electron chi connectivity index (χ0n) is 11.7. The quantitative estimate of drug-likeness (QED) is 0.764. The molecule has 5 nitrogen and oxygen atoms in total. The highest BCUT2D eigenvalue weighted by atomic mass is 16.2. The molecule has 0 aliphatic rings. The lowest BCUT2D eigenvalue weighted by Gasteiger charge is -2.14. The van der Waals surface area contributed by atoms with Gasteiger partial charge in [0, 0.05) is 31.8 Å². The Balaban J connectivity index is 2.31. The lowest BCUT2D eigenvalue weighted by atomic mass is 10.1. The predicted molar refractivity (Wildman–Crippen MR) is 73.4 cm³/mol. The molecule has 1 atom stereocenters. The van der Waals surface area contributed by atoms with Gasteiger partial charge in [-0.15, -0.1) is 0 Å². The van der Waals surface area contributed by atoms with Crippen molar-refractivity contribution in [3.05, 3.63) is 29.6 Å². The fourth-order valence-corrected chi connectivity index (χ4v) is 1.65. The number of hydrogen-bond acceptors (Lipinski definition) is 3. The van der Waals surface area contributed by atoms with Gasteiger partial charge in [-0.2, -0.15) is 0 Å². The summed E-state index contributed by atoms with van der Waals surface area (Å²) in [5, 5.41) is 5.58. The molecular weight excluding hydrogens is 242 g/mol. The first-order chi connectivity index (χ1) is 8.99. The van der Waals surface area contributed by atoms with Gasteiger partial charge in [0.15, 0.2) is 0 Å². The van der Waals surface area contributed by atoms with E-state index in [1.165, 1.54) is 6.92 Å². The molecule has 0 aliphatic carbocycles. The van der Waals surface area contributed by atoms with E-state index in [0.29, 0.717) is 19.4 Å². The summed E-state index contributed by atoms with van der Waals surface area (Å²) in [6.45, 7) is 5.85. The number of nitrogens with zero attached hydrogens (tertiary/aromatic N) is 1. The number of aromatic nitrogens is 1. The molecule has 0 radical (unpaired) electrons. The summed E-state index contributed by atoms with van der Waals surface area (Å²) in [7, 11) is 0. The van der Waals surface area contributed by atoms with Gasteiger partial charge in [-0.25, -0.2) is 0 Å². The molecule has 1 rings (SSSR count). The topological polar surface area (TPSA) is 71.1 Å². The molecule has 1 aromatic rings. The Labute approximate surface area is 113 Å². The van der Waals surface area contributed by atoms with Crippen LogP contribution in [0.15, 0.2) is 18.3 Å². The van der Waals surface area contributed by atoms with Gasteiger partial charge in [-0.3, -0.25) is 14.6 Å². The van der Waals surface area contributed by atoms with Crippen molar-refractivity contribution >= 4 is 11.8 Å². The van der Waals surface area contributed by atoms with Gasteiger partial charge in [-0.1, -0.05) is 6.07 Å². The van der Waals surface area contributed by atoms with Crippen LogP contribution in [0.3, 0.4) is 0 Å². The van der Waals surface area contributed by atoms with Gasteiger partial charge in [0.1, 0.15) is 0 Å². The Bertz CT molecular complexity index is 429. The minimum absolute atomic E-state index is 0.0153. The summed E-state index contributed by atoms with van der Waals surface area (Å²) in [6.07, 6.45) is 2.83. The van der Waals surface area contributed by atoms with E-state index in [9.17, 15) is 9.59 Å². The Kier molecular flexibility index (Phi) is 5.99. The van der Waals surface area contributed by atoms with Crippen LogP contribution in [0.1, 0.15) is 44.0 Å². The predicted octanol–water partition coefficient (Wildman–Crippen LogP) is 1.48. The fraction of sp³-hybridized carbons (Fsp3) is 0.500. The molecule has 1 heterocycles. The minimum atomic E-state index is -0.0699. The number of pyridine rings is 1. The second-order valence-corrected chi connectivity index (χ2v) is 4.61. The number of amides is 2. The molecule has 0 spiro atoms. The lowest BCUT2D eigenvalue weighted by Crippen LogP contribution is -2.28. The molecule has 0 unspecified atom stereocenters. The van der Waals surface area contributed by atoms with Crippen LogP contribution in [0.5, 0.6) is 0 Å². The molecule has 104 valence electrons. The number of nitrogens with one attached hydrogen (secondary N) is 2. The van der Waals surface area contributed by atoms with Gasteiger partial charge in [-0.05, 0) is 31.9 Å². The zero-order chi connectivity index (χ0) is 14.3. The number of rotatable bonds is 6. The molecule has 0 aliphatic heterocycles. The van der Waals surface area contributed by atoms with Crippen LogP contribution in [0.25, 0.3) is 0 Å². The van der Waals surface area contributed by atoms with Crippen molar-refractivity contribution in [1.29, 1.82) is 0 Å². The van der Waals surface area contributed by atoms with Crippen LogP contribution in [0.2, 0.25) is 0 Å². The fourth-order valence-electron chi connectivity index (χ4n) is 1.65. The summed E-state index contributed by atoms with van der Waals surface area (Å²) in [5.41, 5.74) is 1.94. The smallest absolute Gasteiger partial charge is 0.220 e. The van der Waals surface area contributed by atoms with Crippen LogP contribution in [0, 0.1) is 6.92 Å². The van der Waals surface area contributed by atoms with Gasteiger partial charge in [0.25, 0.3) is 0 Å². The number of aryl methyl sites for hydroxylation is 1. The molecule has 0 saturated heterocycles. The van der Waals surface area contributed by atoms with E-state index in [2.05, 4.69) is 15.6 Å². The van der Waals surface area contributed by atoms with Crippen molar-refractivity contribution in [2.45, 2.75) is 39.7 Å². The Morgan fingerprint density at radius 1 is 1.37 bits per heavy atom. The molecule has 5 heteroatoms. The van der Waals surface area contributed by atoms with Crippen LogP contribution < -0.4 is 10.6 Å². The molecule has 2 N–H and O–H groups in total. The SMILES string of the molecule is CC(=O)NCCCC(=O)N[C@@H](C)c1ccc(C)nc1. The second kappa shape index (κ2) is 7.51. The summed E-state index contributed by atoms with van der Waals surface area (Å²) >= 11 is 0. The third-order valence-corrected chi connectivity index (χ3v) is 2.77. The van der Waals surface area contributed by atoms with E-state index in [-0.39, 0.29) is 17.9 Å². The average molecular weight is 263 g/mol. The van der Waals surface area contributed by atoms with Crippen molar-refractivity contribution in [1.82, 2.24) is 15.6 Å². The van der Waals surface area contributed by atoms with Crippen molar-refractivity contribution in [2.75, 3.05) is 6.54 Å². The molecule has 19 heavy (non-hydrogen) atoms. The van der Waals surface area contributed by atoms with E-state index in [1.807, 2.05) is 26.0 Å². The Morgan fingerprint density at radius 3 is 2.68 bits per heavy atom. The molecule has 0 fully saturated rings. The number of carbonyl (C=O) groups excluding carboxylic acids is 2. The maximum Gasteiger partial charge on any atom is 0.220 e. The third kappa shape index (κ3) is 5.99. The Hall–Kier alpha value is -1.91. The van der Waals surface area contributed by atoms with E-state index in [1.54, 1.807) is 6.20 Å². The van der Waals surface area contributed by atoms with Gasteiger partial charge in [0.2, 0.25) is 11.8 Å².